The molecule has 3 N–H and O–H groups in total. The van der Waals surface area contributed by atoms with Gasteiger partial charge in [0.25, 0.3) is 0 Å². The average Bonchev–Trinajstić information content (AvgIpc) is 2.83. The van der Waals surface area contributed by atoms with Crippen LogP contribution in [0.1, 0.15) is 26.7 Å². The molecule has 33 heavy (non-hydrogen) atoms. The maximum absolute atomic E-state index is 12.9. The van der Waals surface area contributed by atoms with Crippen LogP contribution in [-0.2, 0) is 4.79 Å². The Balaban J connectivity index is 1.83. The van der Waals surface area contributed by atoms with E-state index < -0.39 is 0 Å². The lowest BCUT2D eigenvalue weighted by atomic mass is 9.96. The van der Waals surface area contributed by atoms with Gasteiger partial charge in [0.05, 0.1) is 27.2 Å². The molecule has 0 spiro atoms. The third-order valence-corrected chi connectivity index (χ3v) is 5.84. The molecule has 180 valence electrons. The van der Waals surface area contributed by atoms with E-state index in [4.69, 9.17) is 19.9 Å². The summed E-state index contributed by atoms with van der Waals surface area (Å²) < 4.78 is 16.2. The van der Waals surface area contributed by atoms with Crippen molar-refractivity contribution in [3.05, 3.63) is 18.2 Å². The molecule has 2 aromatic rings. The zero-order chi connectivity index (χ0) is 24.0. The molecule has 1 unspecified atom stereocenters. The molecule has 0 radical (unpaired) electrons. The summed E-state index contributed by atoms with van der Waals surface area (Å²) in [6.45, 7) is 6.87. The number of hydrogen-bond donors (Lipinski definition) is 2. The first kappa shape index (κ1) is 24.2. The fourth-order valence-corrected chi connectivity index (χ4v) is 4.16. The van der Waals surface area contributed by atoms with Crippen LogP contribution >= 0.6 is 0 Å². The summed E-state index contributed by atoms with van der Waals surface area (Å²) in [6, 6.07) is 5.42. The monoisotopic (exact) mass is 458 g/mol. The predicted molar refractivity (Wildman–Crippen MR) is 129 cm³/mol. The summed E-state index contributed by atoms with van der Waals surface area (Å²) in [7, 11) is 4.68. The van der Waals surface area contributed by atoms with E-state index >= 15 is 0 Å². The standard InChI is InChI=1S/C23H34N6O4/c1-6-28(7-2)22(30)15-9-8-10-29(14-15)20-13-19(26-23(24)27-20)25-16-11-17(31-3)21(33-5)18(12-16)32-4/h11-13,15H,6-10,14H2,1-5H3,(H3,24,25,26,27). The zero-order valence-electron chi connectivity index (χ0n) is 20.1. The van der Waals surface area contributed by atoms with Gasteiger partial charge in [-0.15, -0.1) is 0 Å². The summed E-state index contributed by atoms with van der Waals surface area (Å²) in [5.41, 5.74) is 6.73. The number of rotatable bonds is 9. The lowest BCUT2D eigenvalue weighted by molar-refractivity contribution is -0.135. The summed E-state index contributed by atoms with van der Waals surface area (Å²) >= 11 is 0. The molecule has 2 heterocycles. The molecule has 1 fully saturated rings. The molecule has 1 aromatic carbocycles. The van der Waals surface area contributed by atoms with Crippen LogP contribution in [0.4, 0.5) is 23.3 Å². The highest BCUT2D eigenvalue weighted by Gasteiger charge is 2.29. The van der Waals surface area contributed by atoms with E-state index in [9.17, 15) is 4.79 Å². The van der Waals surface area contributed by atoms with Crippen LogP contribution in [0.25, 0.3) is 0 Å². The maximum Gasteiger partial charge on any atom is 0.227 e. The van der Waals surface area contributed by atoms with Crippen LogP contribution in [0.15, 0.2) is 18.2 Å². The lowest BCUT2D eigenvalue weighted by Crippen LogP contribution is -2.45. The molecule has 1 atom stereocenters. The van der Waals surface area contributed by atoms with E-state index in [1.54, 1.807) is 33.5 Å². The van der Waals surface area contributed by atoms with Gasteiger partial charge in [0, 0.05) is 50.1 Å². The second-order valence-electron chi connectivity index (χ2n) is 7.80. The largest absolute Gasteiger partial charge is 0.493 e. The Labute approximate surface area is 195 Å². The first-order valence-electron chi connectivity index (χ1n) is 11.2. The summed E-state index contributed by atoms with van der Waals surface area (Å²) in [6.07, 6.45) is 1.79. The van der Waals surface area contributed by atoms with Gasteiger partial charge in [-0.3, -0.25) is 4.79 Å². The maximum atomic E-state index is 12.9. The average molecular weight is 459 g/mol. The van der Waals surface area contributed by atoms with Crippen molar-refractivity contribution in [2.75, 3.05) is 63.5 Å². The fourth-order valence-electron chi connectivity index (χ4n) is 4.16. The molecule has 0 saturated carbocycles. The van der Waals surface area contributed by atoms with Gasteiger partial charge < -0.3 is 35.1 Å². The number of piperidine rings is 1. The van der Waals surface area contributed by atoms with E-state index in [-0.39, 0.29) is 17.8 Å². The van der Waals surface area contributed by atoms with E-state index in [0.29, 0.717) is 41.1 Å². The van der Waals surface area contributed by atoms with Gasteiger partial charge in [0.15, 0.2) is 11.5 Å². The van der Waals surface area contributed by atoms with Crippen molar-refractivity contribution in [1.29, 1.82) is 0 Å². The number of carbonyl (C=O) groups is 1. The molecular weight excluding hydrogens is 424 g/mol. The van der Waals surface area contributed by atoms with Gasteiger partial charge in [-0.05, 0) is 26.7 Å². The quantitative estimate of drug-likeness (QED) is 0.585. The molecule has 3 rings (SSSR count). The molecule has 0 aliphatic carbocycles. The second-order valence-corrected chi connectivity index (χ2v) is 7.80. The molecule has 10 heteroatoms. The molecule has 1 aromatic heterocycles. The number of nitrogens with zero attached hydrogens (tertiary/aromatic N) is 4. The van der Waals surface area contributed by atoms with E-state index in [2.05, 4.69) is 20.2 Å². The van der Waals surface area contributed by atoms with Gasteiger partial charge in [0.1, 0.15) is 11.6 Å². The van der Waals surface area contributed by atoms with E-state index in [1.807, 2.05) is 24.8 Å². The number of methoxy groups -OCH3 is 3. The van der Waals surface area contributed by atoms with Gasteiger partial charge in [0.2, 0.25) is 17.6 Å². The van der Waals surface area contributed by atoms with E-state index in [0.717, 1.165) is 32.5 Å². The highest BCUT2D eigenvalue weighted by atomic mass is 16.5. The van der Waals surface area contributed by atoms with Crippen molar-refractivity contribution in [3.63, 3.8) is 0 Å². The molecular formula is C23H34N6O4. The smallest absolute Gasteiger partial charge is 0.227 e. The summed E-state index contributed by atoms with van der Waals surface area (Å²) in [4.78, 5) is 25.6. The van der Waals surface area contributed by atoms with E-state index in [1.165, 1.54) is 0 Å². The highest BCUT2D eigenvalue weighted by Crippen LogP contribution is 2.40. The summed E-state index contributed by atoms with van der Waals surface area (Å²) in [5, 5.41) is 3.25. The molecule has 1 aliphatic rings. The molecule has 1 saturated heterocycles. The topological polar surface area (TPSA) is 115 Å². The Kier molecular flexibility index (Phi) is 8.02. The number of amides is 1. The van der Waals surface area contributed by atoms with Crippen molar-refractivity contribution >= 4 is 29.2 Å². The van der Waals surface area contributed by atoms with Crippen LogP contribution in [-0.4, -0.2) is 68.3 Å². The van der Waals surface area contributed by atoms with Gasteiger partial charge >= 0.3 is 0 Å². The molecule has 1 amide bonds. The lowest BCUT2D eigenvalue weighted by Gasteiger charge is -2.35. The Morgan fingerprint density at radius 3 is 2.36 bits per heavy atom. The van der Waals surface area contributed by atoms with Crippen LogP contribution in [0.2, 0.25) is 0 Å². The fraction of sp³-hybridized carbons (Fsp3) is 0.522. The van der Waals surface area contributed by atoms with Crippen molar-refractivity contribution < 1.29 is 19.0 Å². The van der Waals surface area contributed by atoms with Gasteiger partial charge in [-0.2, -0.15) is 9.97 Å². The number of nitrogen functional groups attached to an aromatic ring is 1. The Hall–Kier alpha value is -3.43. The van der Waals surface area contributed by atoms with Gasteiger partial charge in [-0.25, -0.2) is 0 Å². The number of ether oxygens (including phenoxy) is 3. The number of nitrogens with two attached hydrogens (primary N) is 1. The van der Waals surface area contributed by atoms with Crippen LogP contribution in [0, 0.1) is 5.92 Å². The number of benzene rings is 1. The minimum atomic E-state index is -0.0543. The number of anilines is 4. The minimum absolute atomic E-state index is 0.0543. The third kappa shape index (κ3) is 5.50. The Bertz CT molecular complexity index is 941. The molecule has 10 nitrogen and oxygen atoms in total. The zero-order valence-corrected chi connectivity index (χ0v) is 20.1. The first-order chi connectivity index (χ1) is 15.9. The Morgan fingerprint density at radius 2 is 1.79 bits per heavy atom. The number of aromatic nitrogens is 2. The predicted octanol–water partition coefficient (Wildman–Crippen LogP) is 2.91. The van der Waals surface area contributed by atoms with Crippen LogP contribution < -0.4 is 30.2 Å². The van der Waals surface area contributed by atoms with Crippen LogP contribution in [0.5, 0.6) is 17.2 Å². The van der Waals surface area contributed by atoms with Crippen molar-refractivity contribution in [2.45, 2.75) is 26.7 Å². The second kappa shape index (κ2) is 10.9. The van der Waals surface area contributed by atoms with Gasteiger partial charge in [-0.1, -0.05) is 0 Å². The summed E-state index contributed by atoms with van der Waals surface area (Å²) in [5.74, 6) is 3.07. The third-order valence-electron chi connectivity index (χ3n) is 5.84. The van der Waals surface area contributed by atoms with Crippen LogP contribution in [0.3, 0.4) is 0 Å². The highest BCUT2D eigenvalue weighted by molar-refractivity contribution is 5.80. The Morgan fingerprint density at radius 1 is 1.12 bits per heavy atom. The normalized spacial score (nSPS) is 15.7. The number of carbonyl (C=O) groups excluding carboxylic acids is 1. The number of hydrogen-bond acceptors (Lipinski definition) is 9. The first-order valence-corrected chi connectivity index (χ1v) is 11.2. The SMILES string of the molecule is CCN(CC)C(=O)C1CCCN(c2cc(Nc3cc(OC)c(OC)c(OC)c3)nc(N)n2)C1. The van der Waals surface area contributed by atoms with Crippen molar-refractivity contribution in [3.8, 4) is 17.2 Å². The number of nitrogens with one attached hydrogen (secondary N) is 1. The molecule has 1 aliphatic heterocycles. The molecule has 0 bridgehead atoms. The van der Waals surface area contributed by atoms with Crippen molar-refractivity contribution in [1.82, 2.24) is 14.9 Å². The minimum Gasteiger partial charge on any atom is -0.493 e. The van der Waals surface area contributed by atoms with Crippen molar-refractivity contribution in [2.24, 2.45) is 5.92 Å².